The number of nitro benzene ring substituents is 1. The SMILES string of the molecule is O=C(Cc1ccc([N+](=O)[O-])cc1)NNc1ccccc1. The second-order valence-electron chi connectivity index (χ2n) is 4.14. The molecule has 2 aromatic rings. The van der Waals surface area contributed by atoms with Gasteiger partial charge in [-0.05, 0) is 17.7 Å². The minimum Gasteiger partial charge on any atom is -0.299 e. The molecule has 0 radical (unpaired) electrons. The third-order valence-corrected chi connectivity index (χ3v) is 2.63. The van der Waals surface area contributed by atoms with Crippen LogP contribution in [0.3, 0.4) is 0 Å². The summed E-state index contributed by atoms with van der Waals surface area (Å²) in [7, 11) is 0. The van der Waals surface area contributed by atoms with Crippen LogP contribution in [0.5, 0.6) is 0 Å². The molecule has 0 saturated carbocycles. The quantitative estimate of drug-likeness (QED) is 0.645. The van der Waals surface area contributed by atoms with Crippen molar-refractivity contribution in [2.24, 2.45) is 0 Å². The van der Waals surface area contributed by atoms with Gasteiger partial charge in [-0.2, -0.15) is 0 Å². The molecule has 2 aromatic carbocycles. The van der Waals surface area contributed by atoms with E-state index < -0.39 is 4.92 Å². The standard InChI is InChI=1S/C14H13N3O3/c18-14(16-15-12-4-2-1-3-5-12)10-11-6-8-13(9-7-11)17(19)20/h1-9,15H,10H2,(H,16,18). The van der Waals surface area contributed by atoms with E-state index >= 15 is 0 Å². The van der Waals surface area contributed by atoms with Crippen LogP contribution in [-0.2, 0) is 11.2 Å². The number of carbonyl (C=O) groups excluding carboxylic acids is 1. The van der Waals surface area contributed by atoms with Crippen molar-refractivity contribution in [2.75, 3.05) is 5.43 Å². The van der Waals surface area contributed by atoms with Crippen LogP contribution in [0.4, 0.5) is 11.4 Å². The highest BCUT2D eigenvalue weighted by Gasteiger charge is 2.07. The Balaban J connectivity index is 1.86. The molecule has 102 valence electrons. The zero-order valence-electron chi connectivity index (χ0n) is 10.6. The maximum atomic E-state index is 11.7. The Kier molecular flexibility index (Phi) is 4.28. The highest BCUT2D eigenvalue weighted by atomic mass is 16.6. The Hall–Kier alpha value is -2.89. The van der Waals surface area contributed by atoms with Gasteiger partial charge in [-0.3, -0.25) is 25.8 Å². The predicted octanol–water partition coefficient (Wildman–Crippen LogP) is 2.28. The van der Waals surface area contributed by atoms with Gasteiger partial charge in [0.15, 0.2) is 0 Å². The lowest BCUT2D eigenvalue weighted by Crippen LogP contribution is -2.30. The number of carbonyl (C=O) groups is 1. The Bertz CT molecular complexity index is 597. The molecule has 0 atom stereocenters. The minimum atomic E-state index is -0.471. The normalized spacial score (nSPS) is 9.80. The second-order valence-corrected chi connectivity index (χ2v) is 4.14. The maximum Gasteiger partial charge on any atom is 0.269 e. The first-order valence-corrected chi connectivity index (χ1v) is 5.98. The van der Waals surface area contributed by atoms with Crippen LogP contribution in [0.1, 0.15) is 5.56 Å². The van der Waals surface area contributed by atoms with Gasteiger partial charge in [0.25, 0.3) is 5.69 Å². The van der Waals surface area contributed by atoms with Crippen molar-refractivity contribution in [1.82, 2.24) is 5.43 Å². The Morgan fingerprint density at radius 3 is 2.30 bits per heavy atom. The molecule has 2 rings (SSSR count). The number of para-hydroxylation sites is 1. The van der Waals surface area contributed by atoms with Gasteiger partial charge in [0.05, 0.1) is 17.0 Å². The van der Waals surface area contributed by atoms with Gasteiger partial charge in [-0.1, -0.05) is 30.3 Å². The summed E-state index contributed by atoms with van der Waals surface area (Å²) in [6.45, 7) is 0. The van der Waals surface area contributed by atoms with Crippen molar-refractivity contribution < 1.29 is 9.72 Å². The number of rotatable bonds is 5. The molecule has 6 heteroatoms. The summed E-state index contributed by atoms with van der Waals surface area (Å²) < 4.78 is 0. The molecule has 0 fully saturated rings. The summed E-state index contributed by atoms with van der Waals surface area (Å²) in [5.74, 6) is -0.220. The zero-order valence-corrected chi connectivity index (χ0v) is 10.6. The fraction of sp³-hybridized carbons (Fsp3) is 0.0714. The monoisotopic (exact) mass is 271 g/mol. The van der Waals surface area contributed by atoms with Gasteiger partial charge in [-0.25, -0.2) is 0 Å². The fourth-order valence-electron chi connectivity index (χ4n) is 1.63. The molecule has 6 nitrogen and oxygen atoms in total. The molecule has 0 spiro atoms. The topological polar surface area (TPSA) is 84.3 Å². The molecule has 0 aromatic heterocycles. The number of anilines is 1. The van der Waals surface area contributed by atoms with Gasteiger partial charge in [-0.15, -0.1) is 0 Å². The first-order chi connectivity index (χ1) is 9.65. The zero-order chi connectivity index (χ0) is 14.4. The Labute approximate surface area is 115 Å². The van der Waals surface area contributed by atoms with E-state index in [0.29, 0.717) is 5.56 Å². The van der Waals surface area contributed by atoms with E-state index in [-0.39, 0.29) is 18.0 Å². The van der Waals surface area contributed by atoms with Gasteiger partial charge in [0.2, 0.25) is 5.91 Å². The van der Waals surface area contributed by atoms with Crippen LogP contribution < -0.4 is 10.9 Å². The summed E-state index contributed by atoms with van der Waals surface area (Å²) in [5, 5.41) is 10.5. The third-order valence-electron chi connectivity index (χ3n) is 2.63. The number of hydrogen-bond donors (Lipinski definition) is 2. The molecule has 0 aliphatic heterocycles. The second kappa shape index (κ2) is 6.33. The molecule has 0 heterocycles. The fourth-order valence-corrected chi connectivity index (χ4v) is 1.63. The molecule has 0 unspecified atom stereocenters. The van der Waals surface area contributed by atoms with E-state index in [9.17, 15) is 14.9 Å². The summed E-state index contributed by atoms with van der Waals surface area (Å²) in [5.41, 5.74) is 6.85. The maximum absolute atomic E-state index is 11.7. The van der Waals surface area contributed by atoms with Crippen LogP contribution in [0.25, 0.3) is 0 Å². The highest BCUT2D eigenvalue weighted by Crippen LogP contribution is 2.12. The van der Waals surface area contributed by atoms with Crippen LogP contribution in [0.2, 0.25) is 0 Å². The molecule has 0 aliphatic carbocycles. The average molecular weight is 271 g/mol. The number of hydrogen-bond acceptors (Lipinski definition) is 4. The van der Waals surface area contributed by atoms with Crippen molar-refractivity contribution >= 4 is 17.3 Å². The van der Waals surface area contributed by atoms with Gasteiger partial charge in [0, 0.05) is 12.1 Å². The molecule has 2 N–H and O–H groups in total. The number of nitro groups is 1. The van der Waals surface area contributed by atoms with Gasteiger partial charge < -0.3 is 0 Å². The van der Waals surface area contributed by atoms with Crippen molar-refractivity contribution in [1.29, 1.82) is 0 Å². The molecule has 0 aliphatic rings. The first-order valence-electron chi connectivity index (χ1n) is 5.98. The number of amides is 1. The number of nitrogens with one attached hydrogen (secondary N) is 2. The van der Waals surface area contributed by atoms with Gasteiger partial charge >= 0.3 is 0 Å². The van der Waals surface area contributed by atoms with E-state index in [0.717, 1.165) is 5.69 Å². The number of benzene rings is 2. The van der Waals surface area contributed by atoms with Crippen LogP contribution in [0, 0.1) is 10.1 Å². The van der Waals surface area contributed by atoms with Crippen molar-refractivity contribution in [3.63, 3.8) is 0 Å². The van der Waals surface area contributed by atoms with Crippen LogP contribution in [0.15, 0.2) is 54.6 Å². The molecule has 20 heavy (non-hydrogen) atoms. The number of hydrazine groups is 1. The first kappa shape index (κ1) is 13.5. The molecular formula is C14H13N3O3. The van der Waals surface area contributed by atoms with E-state index in [2.05, 4.69) is 10.9 Å². The van der Waals surface area contributed by atoms with Crippen molar-refractivity contribution in [2.45, 2.75) is 6.42 Å². The summed E-state index contributed by atoms with van der Waals surface area (Å²) in [6, 6.07) is 15.1. The molecular weight excluding hydrogens is 258 g/mol. The number of non-ortho nitro benzene ring substituents is 1. The van der Waals surface area contributed by atoms with Crippen molar-refractivity contribution in [3.8, 4) is 0 Å². The Morgan fingerprint density at radius 1 is 1.05 bits per heavy atom. The number of nitrogens with zero attached hydrogens (tertiary/aromatic N) is 1. The average Bonchev–Trinajstić information content (AvgIpc) is 2.47. The minimum absolute atomic E-state index is 0.0107. The predicted molar refractivity (Wildman–Crippen MR) is 75.0 cm³/mol. The van der Waals surface area contributed by atoms with Crippen LogP contribution in [-0.4, -0.2) is 10.8 Å². The smallest absolute Gasteiger partial charge is 0.269 e. The van der Waals surface area contributed by atoms with Gasteiger partial charge in [0.1, 0.15) is 0 Å². The summed E-state index contributed by atoms with van der Waals surface area (Å²) >= 11 is 0. The van der Waals surface area contributed by atoms with E-state index in [1.54, 1.807) is 12.1 Å². The molecule has 0 saturated heterocycles. The largest absolute Gasteiger partial charge is 0.299 e. The van der Waals surface area contributed by atoms with Crippen molar-refractivity contribution in [3.05, 3.63) is 70.3 Å². The lowest BCUT2D eigenvalue weighted by molar-refractivity contribution is -0.384. The highest BCUT2D eigenvalue weighted by molar-refractivity contribution is 5.79. The summed E-state index contributed by atoms with van der Waals surface area (Å²) in [4.78, 5) is 21.7. The van der Waals surface area contributed by atoms with Crippen LogP contribution >= 0.6 is 0 Å². The Morgan fingerprint density at radius 2 is 1.70 bits per heavy atom. The van der Waals surface area contributed by atoms with E-state index in [1.807, 2.05) is 30.3 Å². The molecule has 1 amide bonds. The summed E-state index contributed by atoms with van der Waals surface area (Å²) in [6.07, 6.45) is 0.151. The lowest BCUT2D eigenvalue weighted by atomic mass is 10.1. The third kappa shape index (κ3) is 3.81. The molecule has 0 bridgehead atoms. The van der Waals surface area contributed by atoms with E-state index in [4.69, 9.17) is 0 Å². The lowest BCUT2D eigenvalue weighted by Gasteiger charge is -2.08. The van der Waals surface area contributed by atoms with E-state index in [1.165, 1.54) is 12.1 Å².